The van der Waals surface area contributed by atoms with E-state index in [9.17, 15) is 58.5 Å². The topological polar surface area (TPSA) is 386 Å². The maximum absolute atomic E-state index is 14.1. The van der Waals surface area contributed by atoms with Crippen molar-refractivity contribution < 1.29 is 73.4 Å². The molecule has 0 spiro atoms. The molecule has 24 heteroatoms. The molecule has 0 bridgehead atoms. The second-order valence-electron chi connectivity index (χ2n) is 17.2. The first-order chi connectivity index (χ1) is 32.0. The number of benzene rings is 1. The lowest BCUT2D eigenvalue weighted by atomic mass is 9.96. The number of nitrogens with two attached hydrogens (primary N) is 1. The molecule has 0 saturated heterocycles. The summed E-state index contributed by atoms with van der Waals surface area (Å²) in [4.78, 5) is 117. The number of alkyl carbamates (subject to hydrolysis) is 1. The van der Waals surface area contributed by atoms with Crippen LogP contribution in [0, 0.1) is 17.8 Å². The lowest BCUT2D eigenvalue weighted by molar-refractivity contribution is -0.143. The molecule has 0 aliphatic heterocycles. The van der Waals surface area contributed by atoms with Crippen LogP contribution in [-0.4, -0.2) is 160 Å². The van der Waals surface area contributed by atoms with Gasteiger partial charge in [-0.25, -0.2) is 9.59 Å². The highest BCUT2D eigenvalue weighted by molar-refractivity contribution is 5.97. The Labute approximate surface area is 396 Å². The maximum Gasteiger partial charge on any atom is 0.407 e. The van der Waals surface area contributed by atoms with Crippen LogP contribution in [0.25, 0.3) is 0 Å². The van der Waals surface area contributed by atoms with Crippen LogP contribution in [0.15, 0.2) is 30.3 Å². The first kappa shape index (κ1) is 60.1. The molecule has 8 amide bonds. The molecule has 384 valence electrons. The van der Waals surface area contributed by atoms with Crippen molar-refractivity contribution in [3.63, 3.8) is 0 Å². The smallest absolute Gasteiger partial charge is 0.407 e. The molecule has 0 aliphatic rings. The van der Waals surface area contributed by atoms with Crippen LogP contribution in [0.2, 0.25) is 0 Å². The van der Waals surface area contributed by atoms with Gasteiger partial charge in [-0.05, 0) is 55.9 Å². The van der Waals surface area contributed by atoms with Crippen molar-refractivity contribution in [2.75, 3.05) is 26.3 Å². The molecule has 0 radical (unpaired) electrons. The van der Waals surface area contributed by atoms with E-state index in [4.69, 9.17) is 20.7 Å². The minimum Gasteiger partial charge on any atom is -0.480 e. The summed E-state index contributed by atoms with van der Waals surface area (Å²) >= 11 is 0. The van der Waals surface area contributed by atoms with Crippen LogP contribution >= 0.6 is 0 Å². The van der Waals surface area contributed by atoms with E-state index in [1.807, 2.05) is 11.4 Å². The summed E-state index contributed by atoms with van der Waals surface area (Å²) in [5.74, 6) is -9.30. The number of carboxylic acids is 1. The quantitative estimate of drug-likeness (QED) is 0.0330. The number of aliphatic carboxylic acids is 1. The number of unbranched alkanes of at least 4 members (excludes halogenated alkanes) is 1. The number of carbonyl (C=O) groups excluding carboxylic acids is 8. The molecule has 15 N–H and O–H groups in total. The Hall–Kier alpha value is -5.95. The van der Waals surface area contributed by atoms with Crippen LogP contribution in [0.1, 0.15) is 86.1 Å². The number of aliphatic hydroxyl groups excluding tert-OH is 4. The number of nitrogens with one attached hydrogen (secondary N) is 8. The third kappa shape index (κ3) is 21.8. The highest BCUT2D eigenvalue weighted by Crippen LogP contribution is 2.13. The average Bonchev–Trinajstić information content (AvgIpc) is 3.29. The maximum atomic E-state index is 14.1. The molecule has 24 nitrogen and oxygen atoms in total. The van der Waals surface area contributed by atoms with Gasteiger partial charge in [0.05, 0.1) is 32.0 Å². The van der Waals surface area contributed by atoms with Crippen molar-refractivity contribution in [1.82, 2.24) is 42.5 Å². The van der Waals surface area contributed by atoms with Crippen LogP contribution in [0.4, 0.5) is 4.79 Å². The van der Waals surface area contributed by atoms with Gasteiger partial charge in [0, 0.05) is 6.54 Å². The fraction of sp³-hybridized carbons (Fsp3) is 0.659. The van der Waals surface area contributed by atoms with Gasteiger partial charge in [0.2, 0.25) is 41.4 Å². The van der Waals surface area contributed by atoms with Crippen LogP contribution in [0.3, 0.4) is 0 Å². The first-order valence-corrected chi connectivity index (χ1v) is 22.6. The Morgan fingerprint density at radius 3 is 1.75 bits per heavy atom. The van der Waals surface area contributed by atoms with E-state index in [-0.39, 0.29) is 44.2 Å². The third-order valence-corrected chi connectivity index (χ3v) is 10.6. The summed E-state index contributed by atoms with van der Waals surface area (Å²) in [6.45, 7) is 8.81. The van der Waals surface area contributed by atoms with E-state index in [1.54, 1.807) is 65.8 Å². The fourth-order valence-electron chi connectivity index (χ4n) is 6.30. The molecule has 1 aromatic rings. The summed E-state index contributed by atoms with van der Waals surface area (Å²) in [6.07, 6.45) is -2.51. The second kappa shape index (κ2) is 31.2. The summed E-state index contributed by atoms with van der Waals surface area (Å²) in [5.41, 5.74) is 6.78. The number of carboxylic acid groups (broad SMARTS) is 1. The van der Waals surface area contributed by atoms with Crippen molar-refractivity contribution in [2.24, 2.45) is 23.5 Å². The van der Waals surface area contributed by atoms with Crippen molar-refractivity contribution in [1.29, 1.82) is 0 Å². The molecular formula is C44H73N9O15. The second-order valence-corrected chi connectivity index (χ2v) is 17.2. The van der Waals surface area contributed by atoms with Crippen molar-refractivity contribution in [2.45, 2.75) is 142 Å². The average molecular weight is 968 g/mol. The number of aliphatic hydroxyl groups is 4. The summed E-state index contributed by atoms with van der Waals surface area (Å²) in [6, 6.07) is -1.37. The van der Waals surface area contributed by atoms with E-state index < -0.39 is 134 Å². The molecule has 0 aliphatic carbocycles. The number of hydrogen-bond donors (Lipinski definition) is 14. The van der Waals surface area contributed by atoms with Gasteiger partial charge in [-0.3, -0.25) is 33.6 Å². The monoisotopic (exact) mass is 968 g/mol. The summed E-state index contributed by atoms with van der Waals surface area (Å²) in [5, 5.41) is 67.8. The molecule has 0 saturated carbocycles. The Kier molecular flexibility index (Phi) is 27.5. The molecule has 0 fully saturated rings. The summed E-state index contributed by atoms with van der Waals surface area (Å²) < 4.78 is 5.24. The van der Waals surface area contributed by atoms with E-state index in [0.717, 1.165) is 5.56 Å². The fourth-order valence-corrected chi connectivity index (χ4v) is 6.30. The van der Waals surface area contributed by atoms with Crippen molar-refractivity contribution in [3.05, 3.63) is 35.9 Å². The van der Waals surface area contributed by atoms with E-state index in [0.29, 0.717) is 12.8 Å². The molecule has 1 aromatic carbocycles. The van der Waals surface area contributed by atoms with Gasteiger partial charge < -0.3 is 78.5 Å². The van der Waals surface area contributed by atoms with Gasteiger partial charge >= 0.3 is 12.1 Å². The number of amides is 8. The zero-order valence-corrected chi connectivity index (χ0v) is 39.8. The Balaban J connectivity index is 3.25. The van der Waals surface area contributed by atoms with Gasteiger partial charge in [0.15, 0.2) is 0 Å². The van der Waals surface area contributed by atoms with Gasteiger partial charge in [0.1, 0.15) is 48.9 Å². The van der Waals surface area contributed by atoms with Gasteiger partial charge in [-0.1, -0.05) is 78.3 Å². The van der Waals surface area contributed by atoms with E-state index in [1.165, 1.54) is 6.92 Å². The minimum absolute atomic E-state index is 0.0256. The highest BCUT2D eigenvalue weighted by atomic mass is 16.5. The van der Waals surface area contributed by atoms with E-state index in [2.05, 4.69) is 37.2 Å². The lowest BCUT2D eigenvalue weighted by Gasteiger charge is -2.30. The molecule has 10 atom stereocenters. The Morgan fingerprint density at radius 1 is 0.647 bits per heavy atom. The Morgan fingerprint density at radius 2 is 1.21 bits per heavy atom. The standard InChI is InChI=1S/C44H73N9O15/c1-8-25(6)34(42(64)53-35(26(7)56)41(63)47-19-32(57)48-30(20-54)39(61)51-31(21-55)43(65)66)52-37(59)28(16-12-13-17-46-44(67)68-22-27-14-10-9-11-15-27)49-38(60)29(18-23(2)3)50-40(62)33(45)36(58)24(4)5/h9-11,14-15,23-26,28-31,33-36,54-56,58H,8,12-13,16-22,45H2,1-7H3,(H,46,67)(H,47,63)(H,48,57)(H,49,60)(H,50,62)(H,51,61)(H,52,59)(H,53,64)(H,65,66)/t25-,26-,28+,29-,30-,31-,33-,34-,35-,36+/m0/s1. The zero-order valence-electron chi connectivity index (χ0n) is 39.8. The molecule has 0 heterocycles. The predicted molar refractivity (Wildman–Crippen MR) is 244 cm³/mol. The number of carbonyl (C=O) groups is 9. The van der Waals surface area contributed by atoms with Crippen LogP contribution < -0.4 is 48.3 Å². The van der Waals surface area contributed by atoms with Crippen LogP contribution in [0.5, 0.6) is 0 Å². The summed E-state index contributed by atoms with van der Waals surface area (Å²) in [7, 11) is 0. The third-order valence-electron chi connectivity index (χ3n) is 10.6. The van der Waals surface area contributed by atoms with Gasteiger partial charge in [-0.2, -0.15) is 0 Å². The normalized spacial score (nSPS) is 15.6. The molecular weight excluding hydrogens is 895 g/mol. The van der Waals surface area contributed by atoms with Gasteiger partial charge in [-0.15, -0.1) is 0 Å². The number of hydrogen-bond acceptors (Lipinski definition) is 15. The van der Waals surface area contributed by atoms with Crippen molar-refractivity contribution in [3.8, 4) is 0 Å². The minimum atomic E-state index is -1.73. The molecule has 0 unspecified atom stereocenters. The van der Waals surface area contributed by atoms with Crippen LogP contribution in [-0.2, 0) is 49.7 Å². The SMILES string of the molecule is CC[C@H](C)[C@H](NC(=O)[C@@H](CCCCNC(=O)OCc1ccccc1)NC(=O)[C@H](CC(C)C)NC(=O)[C@@H](N)[C@H](O)C(C)C)C(=O)N[C@H](C(=O)NCC(=O)N[C@@H](CO)C(=O)N[C@@H](CO)C(=O)O)[C@H](C)O. The molecule has 1 rings (SSSR count). The number of ether oxygens (including phenoxy) is 1. The zero-order chi connectivity index (χ0) is 51.7. The largest absolute Gasteiger partial charge is 0.480 e. The molecule has 68 heavy (non-hydrogen) atoms. The lowest BCUT2D eigenvalue weighted by Crippen LogP contribution is -2.62. The van der Waals surface area contributed by atoms with Gasteiger partial charge in [0.25, 0.3) is 0 Å². The number of rotatable bonds is 31. The molecule has 0 aromatic heterocycles. The highest BCUT2D eigenvalue weighted by Gasteiger charge is 2.36. The predicted octanol–water partition coefficient (Wildman–Crippen LogP) is -3.01. The van der Waals surface area contributed by atoms with Crippen molar-refractivity contribution >= 4 is 53.4 Å². The van der Waals surface area contributed by atoms with E-state index >= 15 is 0 Å². The Bertz CT molecular complexity index is 1800. The first-order valence-electron chi connectivity index (χ1n) is 22.6.